The van der Waals surface area contributed by atoms with Crippen LogP contribution in [0.15, 0.2) is 46.3 Å². The number of sulfone groups is 1. The molecule has 0 unspecified atom stereocenters. The Morgan fingerprint density at radius 3 is 2.52 bits per heavy atom. The number of hydrogen-bond donors (Lipinski definition) is 1. The van der Waals surface area contributed by atoms with E-state index >= 15 is 0 Å². The molecule has 3 aromatic rings. The Bertz CT molecular complexity index is 1290. The van der Waals surface area contributed by atoms with Crippen molar-refractivity contribution in [1.29, 1.82) is 0 Å². The normalized spacial score (nSPS) is 15.6. The van der Waals surface area contributed by atoms with Crippen LogP contribution < -0.4 is 5.32 Å². The number of aromatic nitrogens is 3. The van der Waals surface area contributed by atoms with E-state index in [1.807, 2.05) is 6.07 Å². The van der Waals surface area contributed by atoms with Gasteiger partial charge in [0.15, 0.2) is 0 Å². The Balaban J connectivity index is 1.75. The molecule has 176 valence electrons. The lowest BCUT2D eigenvalue weighted by Crippen LogP contribution is -2.25. The third-order valence-corrected chi connectivity index (χ3v) is 7.58. The quantitative estimate of drug-likeness (QED) is 0.606. The Labute approximate surface area is 194 Å². The van der Waals surface area contributed by atoms with Crippen molar-refractivity contribution in [3.05, 3.63) is 42.4 Å². The van der Waals surface area contributed by atoms with Crippen molar-refractivity contribution < 1.29 is 17.9 Å². The SMILES string of the molecule is CC(=O)Nc1cc(S(=O)(=O)c2ccc3c(c2)nc(C(C)(C)C)n3CC2CCOCC2)ccn1. The van der Waals surface area contributed by atoms with E-state index < -0.39 is 9.84 Å². The van der Waals surface area contributed by atoms with Crippen LogP contribution in [-0.2, 0) is 31.3 Å². The van der Waals surface area contributed by atoms with Crippen LogP contribution in [0.1, 0.15) is 46.4 Å². The zero-order valence-corrected chi connectivity index (χ0v) is 20.3. The number of ether oxygens (including phenoxy) is 1. The topological polar surface area (TPSA) is 103 Å². The van der Waals surface area contributed by atoms with Crippen molar-refractivity contribution in [2.75, 3.05) is 18.5 Å². The molecular formula is C24H30N4O4S. The molecule has 0 saturated carbocycles. The van der Waals surface area contributed by atoms with E-state index in [1.165, 1.54) is 25.3 Å². The second kappa shape index (κ2) is 8.87. The smallest absolute Gasteiger partial charge is 0.222 e. The van der Waals surface area contributed by atoms with Crippen LogP contribution in [-0.4, -0.2) is 42.1 Å². The maximum atomic E-state index is 13.3. The van der Waals surface area contributed by atoms with Crippen molar-refractivity contribution in [1.82, 2.24) is 14.5 Å². The molecule has 1 amide bonds. The lowest BCUT2D eigenvalue weighted by molar-refractivity contribution is -0.114. The number of carbonyl (C=O) groups is 1. The average Bonchev–Trinajstić information content (AvgIpc) is 3.12. The number of pyridine rings is 1. The molecule has 0 aliphatic carbocycles. The second-order valence-corrected chi connectivity index (χ2v) is 11.5. The molecule has 2 aromatic heterocycles. The Hall–Kier alpha value is -2.78. The summed E-state index contributed by atoms with van der Waals surface area (Å²) in [5.74, 6) is 1.32. The highest BCUT2D eigenvalue weighted by Gasteiger charge is 2.27. The Kier molecular flexibility index (Phi) is 6.28. The molecule has 4 rings (SSSR count). The van der Waals surface area contributed by atoms with Gasteiger partial charge >= 0.3 is 0 Å². The van der Waals surface area contributed by atoms with Crippen LogP contribution in [0.4, 0.5) is 5.82 Å². The Morgan fingerprint density at radius 2 is 1.85 bits per heavy atom. The van der Waals surface area contributed by atoms with Crippen molar-refractivity contribution in [3.8, 4) is 0 Å². The minimum Gasteiger partial charge on any atom is -0.381 e. The van der Waals surface area contributed by atoms with Gasteiger partial charge in [-0.3, -0.25) is 4.79 Å². The fourth-order valence-electron chi connectivity index (χ4n) is 4.18. The Morgan fingerprint density at radius 1 is 1.15 bits per heavy atom. The largest absolute Gasteiger partial charge is 0.381 e. The summed E-state index contributed by atoms with van der Waals surface area (Å²) in [5.41, 5.74) is 1.39. The molecule has 3 heterocycles. The first kappa shape index (κ1) is 23.4. The first-order valence-electron chi connectivity index (χ1n) is 11.1. The minimum absolute atomic E-state index is 0.0679. The molecule has 8 nitrogen and oxygen atoms in total. The standard InChI is InChI=1S/C24H30N4O4S/c1-16(29)26-22-14-19(7-10-25-22)33(30,31)18-5-6-21-20(13-18)27-23(24(2,3)4)28(21)15-17-8-11-32-12-9-17/h5-7,10,13-14,17H,8-9,11-12,15H2,1-4H3,(H,25,26,29). The zero-order valence-electron chi connectivity index (χ0n) is 19.5. The maximum absolute atomic E-state index is 13.3. The van der Waals surface area contributed by atoms with E-state index in [1.54, 1.807) is 12.1 Å². The van der Waals surface area contributed by atoms with Crippen molar-refractivity contribution >= 4 is 32.6 Å². The predicted molar refractivity (Wildman–Crippen MR) is 126 cm³/mol. The summed E-state index contributed by atoms with van der Waals surface area (Å²) in [6.45, 7) is 10.1. The number of amides is 1. The molecule has 0 spiro atoms. The van der Waals surface area contributed by atoms with E-state index in [2.05, 4.69) is 35.6 Å². The molecule has 1 aliphatic heterocycles. The van der Waals surface area contributed by atoms with Crippen LogP contribution in [0.3, 0.4) is 0 Å². The second-order valence-electron chi connectivity index (χ2n) is 9.56. The maximum Gasteiger partial charge on any atom is 0.222 e. The van der Waals surface area contributed by atoms with Crippen LogP contribution in [0.25, 0.3) is 11.0 Å². The molecule has 1 saturated heterocycles. The minimum atomic E-state index is -3.81. The van der Waals surface area contributed by atoms with E-state index in [0.29, 0.717) is 11.4 Å². The number of hydrogen-bond acceptors (Lipinski definition) is 6. The number of carbonyl (C=O) groups excluding carboxylic acids is 1. The van der Waals surface area contributed by atoms with Gasteiger partial charge in [-0.1, -0.05) is 20.8 Å². The average molecular weight is 471 g/mol. The summed E-state index contributed by atoms with van der Waals surface area (Å²) in [6.07, 6.45) is 3.39. The summed E-state index contributed by atoms with van der Waals surface area (Å²) in [6, 6.07) is 7.91. The van der Waals surface area contributed by atoms with Crippen LogP contribution in [0, 0.1) is 5.92 Å². The molecular weight excluding hydrogens is 440 g/mol. The summed E-state index contributed by atoms with van der Waals surface area (Å²) in [4.78, 5) is 20.4. The number of fused-ring (bicyclic) bond motifs is 1. The van der Waals surface area contributed by atoms with Gasteiger partial charge in [0.25, 0.3) is 0 Å². The van der Waals surface area contributed by atoms with Crippen molar-refractivity contribution in [3.63, 3.8) is 0 Å². The molecule has 1 fully saturated rings. The van der Waals surface area contributed by atoms with Crippen molar-refractivity contribution in [2.45, 2.75) is 62.3 Å². The van der Waals surface area contributed by atoms with E-state index in [0.717, 1.165) is 43.9 Å². The third-order valence-electron chi connectivity index (χ3n) is 5.83. The highest BCUT2D eigenvalue weighted by atomic mass is 32.2. The van der Waals surface area contributed by atoms with Gasteiger partial charge in [0.05, 0.1) is 20.8 Å². The number of nitrogens with one attached hydrogen (secondary N) is 1. The van der Waals surface area contributed by atoms with E-state index in [4.69, 9.17) is 9.72 Å². The highest BCUT2D eigenvalue weighted by Crippen LogP contribution is 2.31. The number of imidazole rings is 1. The lowest BCUT2D eigenvalue weighted by Gasteiger charge is -2.26. The number of anilines is 1. The van der Waals surface area contributed by atoms with E-state index in [9.17, 15) is 13.2 Å². The summed E-state index contributed by atoms with van der Waals surface area (Å²) < 4.78 is 34.4. The third kappa shape index (κ3) is 4.94. The summed E-state index contributed by atoms with van der Waals surface area (Å²) in [7, 11) is -3.81. The summed E-state index contributed by atoms with van der Waals surface area (Å²) >= 11 is 0. The molecule has 1 aliphatic rings. The van der Waals surface area contributed by atoms with Gasteiger partial charge in [-0.05, 0) is 49.1 Å². The fraction of sp³-hybridized carbons (Fsp3) is 0.458. The first-order chi connectivity index (χ1) is 15.6. The van der Waals surface area contributed by atoms with Gasteiger partial charge < -0.3 is 14.6 Å². The van der Waals surface area contributed by atoms with Gasteiger partial charge in [0.1, 0.15) is 11.6 Å². The number of benzene rings is 1. The van der Waals surface area contributed by atoms with Gasteiger partial charge in [0.2, 0.25) is 15.7 Å². The van der Waals surface area contributed by atoms with E-state index in [-0.39, 0.29) is 26.9 Å². The molecule has 0 bridgehead atoms. The van der Waals surface area contributed by atoms with Gasteiger partial charge in [-0.25, -0.2) is 18.4 Å². The van der Waals surface area contributed by atoms with Gasteiger partial charge in [-0.2, -0.15) is 0 Å². The zero-order chi connectivity index (χ0) is 23.8. The number of rotatable bonds is 5. The first-order valence-corrected chi connectivity index (χ1v) is 12.6. The monoisotopic (exact) mass is 470 g/mol. The fourth-order valence-corrected chi connectivity index (χ4v) is 5.48. The van der Waals surface area contributed by atoms with Crippen LogP contribution in [0.5, 0.6) is 0 Å². The molecule has 1 N–H and O–H groups in total. The molecule has 0 radical (unpaired) electrons. The molecule has 33 heavy (non-hydrogen) atoms. The number of nitrogens with zero attached hydrogens (tertiary/aromatic N) is 3. The predicted octanol–water partition coefficient (Wildman–Crippen LogP) is 3.95. The lowest BCUT2D eigenvalue weighted by atomic mass is 9.94. The van der Waals surface area contributed by atoms with Crippen LogP contribution >= 0.6 is 0 Å². The highest BCUT2D eigenvalue weighted by molar-refractivity contribution is 7.91. The van der Waals surface area contributed by atoms with Gasteiger partial charge in [0, 0.05) is 38.3 Å². The van der Waals surface area contributed by atoms with Gasteiger partial charge in [-0.15, -0.1) is 0 Å². The van der Waals surface area contributed by atoms with Crippen molar-refractivity contribution in [2.24, 2.45) is 5.92 Å². The molecule has 0 atom stereocenters. The van der Waals surface area contributed by atoms with Crippen LogP contribution in [0.2, 0.25) is 0 Å². The summed E-state index contributed by atoms with van der Waals surface area (Å²) in [5, 5.41) is 2.53. The molecule has 1 aromatic carbocycles. The molecule has 9 heteroatoms.